The van der Waals surface area contributed by atoms with Gasteiger partial charge in [0.25, 0.3) is 0 Å². The van der Waals surface area contributed by atoms with Crippen molar-refractivity contribution in [2.75, 3.05) is 0 Å². The van der Waals surface area contributed by atoms with Crippen molar-refractivity contribution in [1.29, 1.82) is 0 Å². The largest absolute Gasteiger partial charge is 0.606 e. The molecule has 0 saturated heterocycles. The Labute approximate surface area is 113 Å². The van der Waals surface area contributed by atoms with Crippen LogP contribution in [-0.4, -0.2) is 9.54 Å². The lowest BCUT2D eigenvalue weighted by Crippen LogP contribution is -2.03. The summed E-state index contributed by atoms with van der Waals surface area (Å²) in [6.07, 6.45) is 1.57. The summed E-state index contributed by atoms with van der Waals surface area (Å²) in [6.45, 7) is 0. The van der Waals surface area contributed by atoms with E-state index in [9.17, 15) is 8.94 Å². The summed E-state index contributed by atoms with van der Waals surface area (Å²) < 4.78 is 25.5. The Morgan fingerprint density at radius 1 is 0.947 bits per heavy atom. The number of pyridine rings is 1. The lowest BCUT2D eigenvalue weighted by atomic mass is 10.2. The first-order chi connectivity index (χ1) is 9.24. The van der Waals surface area contributed by atoms with E-state index in [1.165, 1.54) is 12.1 Å². The number of rotatable bonds is 2. The molecule has 3 rings (SSSR count). The van der Waals surface area contributed by atoms with Crippen LogP contribution in [0.4, 0.5) is 4.39 Å². The molecule has 94 valence electrons. The van der Waals surface area contributed by atoms with Crippen molar-refractivity contribution >= 4 is 22.1 Å². The Balaban J connectivity index is 2.04. The molecule has 0 amide bonds. The summed E-state index contributed by atoms with van der Waals surface area (Å²) in [6, 6.07) is 15.2. The highest BCUT2D eigenvalue weighted by Gasteiger charge is 2.16. The molecule has 0 bridgehead atoms. The van der Waals surface area contributed by atoms with Crippen LogP contribution in [0, 0.1) is 5.82 Å². The maximum Gasteiger partial charge on any atom is 0.177 e. The first-order valence-electron chi connectivity index (χ1n) is 5.76. The van der Waals surface area contributed by atoms with Gasteiger partial charge in [0, 0.05) is 28.7 Å². The Bertz CT molecular complexity index is 732. The summed E-state index contributed by atoms with van der Waals surface area (Å²) in [7, 11) is 0. The fourth-order valence-electron chi connectivity index (χ4n) is 1.87. The first-order valence-corrected chi connectivity index (χ1v) is 6.91. The zero-order chi connectivity index (χ0) is 13.2. The van der Waals surface area contributed by atoms with Crippen molar-refractivity contribution in [2.24, 2.45) is 0 Å². The van der Waals surface area contributed by atoms with Gasteiger partial charge in [0.05, 0.1) is 11.7 Å². The molecule has 0 fully saturated rings. The Morgan fingerprint density at radius 3 is 2.63 bits per heavy atom. The maximum atomic E-state index is 13.1. The molecular weight excluding hydrogens is 261 g/mol. The third-order valence-electron chi connectivity index (χ3n) is 2.79. The van der Waals surface area contributed by atoms with Gasteiger partial charge in [-0.25, -0.2) is 4.39 Å². The predicted octanol–water partition coefficient (Wildman–Crippen LogP) is 3.54. The summed E-state index contributed by atoms with van der Waals surface area (Å²) in [5, 5.41) is 0.921. The van der Waals surface area contributed by atoms with Gasteiger partial charge in [-0.05, 0) is 18.2 Å². The number of fused-ring (bicyclic) bond motifs is 1. The van der Waals surface area contributed by atoms with E-state index in [0.29, 0.717) is 9.79 Å². The SMILES string of the molecule is [O-][S+](c1cccc(F)c1)c1cnc2ccccc2c1. The minimum atomic E-state index is -1.42. The van der Waals surface area contributed by atoms with Crippen molar-refractivity contribution in [1.82, 2.24) is 4.98 Å². The number of halogens is 1. The smallest absolute Gasteiger partial charge is 0.177 e. The topological polar surface area (TPSA) is 36.0 Å². The third kappa shape index (κ3) is 2.45. The van der Waals surface area contributed by atoms with E-state index in [0.717, 1.165) is 10.9 Å². The number of hydrogen-bond donors (Lipinski definition) is 0. The molecule has 0 spiro atoms. The average molecular weight is 271 g/mol. The van der Waals surface area contributed by atoms with Gasteiger partial charge in [0.1, 0.15) is 5.82 Å². The standard InChI is InChI=1S/C15H10FNOS/c16-12-5-3-6-13(9-12)19(18)14-8-11-4-1-2-7-15(11)17-10-14/h1-10H. The van der Waals surface area contributed by atoms with Crippen LogP contribution in [0.3, 0.4) is 0 Å². The van der Waals surface area contributed by atoms with E-state index < -0.39 is 11.2 Å². The quantitative estimate of drug-likeness (QED) is 0.668. The molecule has 1 heterocycles. The van der Waals surface area contributed by atoms with Crippen LogP contribution in [0.5, 0.6) is 0 Å². The summed E-state index contributed by atoms with van der Waals surface area (Å²) >= 11 is -1.42. The Kier molecular flexibility index (Phi) is 3.19. The van der Waals surface area contributed by atoms with Crippen LogP contribution in [0.15, 0.2) is 70.6 Å². The molecule has 4 heteroatoms. The van der Waals surface area contributed by atoms with Gasteiger partial charge in [-0.1, -0.05) is 24.3 Å². The molecule has 0 saturated carbocycles. The summed E-state index contributed by atoms with van der Waals surface area (Å²) in [5.74, 6) is -0.389. The molecule has 1 atom stereocenters. The normalized spacial score (nSPS) is 12.5. The van der Waals surface area contributed by atoms with Crippen molar-refractivity contribution in [3.05, 3.63) is 66.6 Å². The molecule has 2 aromatic carbocycles. The van der Waals surface area contributed by atoms with Crippen LogP contribution in [0.1, 0.15) is 0 Å². The van der Waals surface area contributed by atoms with Gasteiger partial charge in [-0.15, -0.1) is 0 Å². The summed E-state index contributed by atoms with van der Waals surface area (Å²) in [4.78, 5) is 5.28. The van der Waals surface area contributed by atoms with Gasteiger partial charge in [-0.3, -0.25) is 4.98 Å². The lowest BCUT2D eigenvalue weighted by Gasteiger charge is -2.10. The van der Waals surface area contributed by atoms with E-state index >= 15 is 0 Å². The van der Waals surface area contributed by atoms with Crippen LogP contribution < -0.4 is 0 Å². The van der Waals surface area contributed by atoms with E-state index in [4.69, 9.17) is 0 Å². The van der Waals surface area contributed by atoms with Gasteiger partial charge in [-0.2, -0.15) is 0 Å². The molecule has 1 unspecified atom stereocenters. The van der Waals surface area contributed by atoms with Crippen LogP contribution >= 0.6 is 0 Å². The second-order valence-electron chi connectivity index (χ2n) is 4.09. The van der Waals surface area contributed by atoms with Gasteiger partial charge in [0.2, 0.25) is 0 Å². The zero-order valence-electron chi connectivity index (χ0n) is 9.92. The first kappa shape index (κ1) is 12.1. The van der Waals surface area contributed by atoms with Crippen LogP contribution in [-0.2, 0) is 11.2 Å². The van der Waals surface area contributed by atoms with E-state index in [-0.39, 0.29) is 5.82 Å². The molecule has 3 aromatic rings. The van der Waals surface area contributed by atoms with Crippen molar-refractivity contribution in [2.45, 2.75) is 9.79 Å². The highest BCUT2D eigenvalue weighted by atomic mass is 32.2. The molecule has 2 nitrogen and oxygen atoms in total. The average Bonchev–Trinajstić information content (AvgIpc) is 2.46. The van der Waals surface area contributed by atoms with E-state index in [1.807, 2.05) is 30.3 Å². The van der Waals surface area contributed by atoms with Crippen molar-refractivity contribution in [3.63, 3.8) is 0 Å². The van der Waals surface area contributed by atoms with Crippen LogP contribution in [0.2, 0.25) is 0 Å². The van der Waals surface area contributed by atoms with E-state index in [2.05, 4.69) is 4.98 Å². The predicted molar refractivity (Wildman–Crippen MR) is 72.8 cm³/mol. The second-order valence-corrected chi connectivity index (χ2v) is 5.57. The molecule has 0 aliphatic carbocycles. The monoisotopic (exact) mass is 271 g/mol. The number of benzene rings is 2. The number of aromatic nitrogens is 1. The lowest BCUT2D eigenvalue weighted by molar-refractivity contribution is 0.590. The Morgan fingerprint density at radius 2 is 1.79 bits per heavy atom. The minimum Gasteiger partial charge on any atom is -0.606 e. The van der Waals surface area contributed by atoms with Crippen molar-refractivity contribution < 1.29 is 8.94 Å². The Hall–Kier alpha value is -1.91. The molecular formula is C15H10FNOS. The zero-order valence-corrected chi connectivity index (χ0v) is 10.7. The van der Waals surface area contributed by atoms with Crippen LogP contribution in [0.25, 0.3) is 10.9 Å². The van der Waals surface area contributed by atoms with Gasteiger partial charge < -0.3 is 4.55 Å². The molecule has 0 N–H and O–H groups in total. The fraction of sp³-hybridized carbons (Fsp3) is 0. The minimum absolute atomic E-state index is 0.389. The van der Waals surface area contributed by atoms with Crippen molar-refractivity contribution in [3.8, 4) is 0 Å². The third-order valence-corrected chi connectivity index (χ3v) is 4.12. The summed E-state index contributed by atoms with van der Waals surface area (Å²) in [5.41, 5.74) is 0.850. The molecule has 19 heavy (non-hydrogen) atoms. The highest BCUT2D eigenvalue weighted by molar-refractivity contribution is 7.91. The molecule has 1 aromatic heterocycles. The van der Waals surface area contributed by atoms with E-state index in [1.54, 1.807) is 18.3 Å². The maximum absolute atomic E-state index is 13.1. The second kappa shape index (κ2) is 4.99. The number of nitrogens with zero attached hydrogens (tertiary/aromatic N) is 1. The number of para-hydroxylation sites is 1. The number of hydrogen-bond acceptors (Lipinski definition) is 2. The fourth-order valence-corrected chi connectivity index (χ4v) is 2.95. The van der Waals surface area contributed by atoms with Gasteiger partial charge in [0.15, 0.2) is 9.79 Å². The highest BCUT2D eigenvalue weighted by Crippen LogP contribution is 2.23. The molecule has 0 aliphatic rings. The molecule has 0 aliphatic heterocycles. The molecule has 0 radical (unpaired) electrons. The van der Waals surface area contributed by atoms with Gasteiger partial charge >= 0.3 is 0 Å².